The number of hydrogen-bond acceptors (Lipinski definition) is 7. The molecule has 344 valence electrons. The van der Waals surface area contributed by atoms with Crippen molar-refractivity contribution in [3.63, 3.8) is 0 Å². The van der Waals surface area contributed by atoms with Crippen molar-refractivity contribution in [3.8, 4) is 0 Å². The predicted octanol–water partition coefficient (Wildman–Crippen LogP) is 14.1. The van der Waals surface area contributed by atoms with E-state index in [2.05, 4.69) is 26.0 Å². The average molecular weight is 845 g/mol. The second kappa shape index (κ2) is 41.1. The molecule has 0 aromatic heterocycles. The maximum Gasteiger partial charge on any atom is 0.472 e. The van der Waals surface area contributed by atoms with E-state index in [-0.39, 0.29) is 32.0 Å². The van der Waals surface area contributed by atoms with Crippen molar-refractivity contribution in [2.75, 3.05) is 47.5 Å². The minimum Gasteiger partial charge on any atom is -0.462 e. The van der Waals surface area contributed by atoms with Crippen molar-refractivity contribution >= 4 is 19.8 Å². The summed E-state index contributed by atoms with van der Waals surface area (Å²) >= 11 is 0. The van der Waals surface area contributed by atoms with Gasteiger partial charge in [0.25, 0.3) is 0 Å². The number of carbonyl (C=O) groups is 2. The van der Waals surface area contributed by atoms with Gasteiger partial charge in [-0.25, -0.2) is 4.57 Å². The van der Waals surface area contributed by atoms with Crippen LogP contribution in [0, 0.1) is 0 Å². The summed E-state index contributed by atoms with van der Waals surface area (Å²) < 4.78 is 34.4. The van der Waals surface area contributed by atoms with Crippen molar-refractivity contribution in [1.82, 2.24) is 0 Å². The second-order valence-corrected chi connectivity index (χ2v) is 19.3. The summed E-state index contributed by atoms with van der Waals surface area (Å²) in [6.07, 6.45) is 44.0. The molecule has 0 aromatic rings. The molecule has 0 saturated carbocycles. The van der Waals surface area contributed by atoms with Crippen LogP contribution in [0.4, 0.5) is 0 Å². The zero-order valence-corrected chi connectivity index (χ0v) is 39.7. The van der Waals surface area contributed by atoms with E-state index in [1.54, 1.807) is 0 Å². The van der Waals surface area contributed by atoms with Crippen LogP contribution in [0.15, 0.2) is 12.2 Å². The fraction of sp³-hybridized carbons (Fsp3) is 0.917. The lowest BCUT2D eigenvalue weighted by molar-refractivity contribution is -0.870. The minimum absolute atomic E-state index is 0.0344. The fourth-order valence-corrected chi connectivity index (χ4v) is 7.69. The van der Waals surface area contributed by atoms with Crippen molar-refractivity contribution in [3.05, 3.63) is 12.2 Å². The monoisotopic (exact) mass is 845 g/mol. The lowest BCUT2D eigenvalue weighted by atomic mass is 10.0. The Kier molecular flexibility index (Phi) is 40.2. The molecule has 2 atom stereocenters. The Morgan fingerprint density at radius 1 is 0.517 bits per heavy atom. The minimum atomic E-state index is -4.37. The molecule has 0 bridgehead atoms. The molecule has 0 aromatic carbocycles. The van der Waals surface area contributed by atoms with Crippen LogP contribution in [0.1, 0.15) is 232 Å². The Labute approximate surface area is 358 Å². The van der Waals surface area contributed by atoms with Gasteiger partial charge in [0.05, 0.1) is 27.7 Å². The highest BCUT2D eigenvalue weighted by Gasteiger charge is 2.27. The third-order valence-corrected chi connectivity index (χ3v) is 11.8. The Balaban J connectivity index is 4.25. The van der Waals surface area contributed by atoms with Gasteiger partial charge in [0.1, 0.15) is 19.8 Å². The molecule has 0 saturated heterocycles. The van der Waals surface area contributed by atoms with Gasteiger partial charge in [-0.05, 0) is 38.5 Å². The first-order valence-electron chi connectivity index (χ1n) is 24.4. The highest BCUT2D eigenvalue weighted by molar-refractivity contribution is 7.47. The van der Waals surface area contributed by atoms with Gasteiger partial charge < -0.3 is 18.9 Å². The Bertz CT molecular complexity index is 1000. The third-order valence-electron chi connectivity index (χ3n) is 10.8. The number of phosphoric ester groups is 1. The molecule has 0 fully saturated rings. The average Bonchev–Trinajstić information content (AvgIpc) is 3.17. The molecule has 1 N–H and O–H groups in total. The third kappa shape index (κ3) is 44.3. The smallest absolute Gasteiger partial charge is 0.462 e. The number of ether oxygens (including phenoxy) is 2. The topological polar surface area (TPSA) is 108 Å². The molecule has 0 aliphatic heterocycles. The molecule has 0 heterocycles. The van der Waals surface area contributed by atoms with Gasteiger partial charge >= 0.3 is 19.8 Å². The molecule has 0 amide bonds. The standard InChI is InChI=1S/C48H94NO8P/c1-6-8-10-12-14-16-18-20-22-23-24-25-27-29-31-33-35-37-39-41-48(51)57-46(45-56-58(52,53)55-43-42-49(3,4)5)44-54-47(50)40-38-36-34-32-30-28-26-21-19-17-15-13-11-9-7-2/h17,19,46H,6-16,18,20-45H2,1-5H3/p+1/b19-17+/t46-/m1/s1. The van der Waals surface area contributed by atoms with Crippen molar-refractivity contribution in [2.24, 2.45) is 0 Å². The number of phosphoric acid groups is 1. The predicted molar refractivity (Wildman–Crippen MR) is 243 cm³/mol. The molecule has 0 rings (SSSR count). The van der Waals surface area contributed by atoms with E-state index in [1.165, 1.54) is 167 Å². The van der Waals surface area contributed by atoms with Crippen LogP contribution in [-0.4, -0.2) is 74.9 Å². The molecule has 58 heavy (non-hydrogen) atoms. The van der Waals surface area contributed by atoms with E-state index in [0.29, 0.717) is 17.4 Å². The number of likely N-dealkylation sites (N-methyl/N-ethyl adjacent to an activating group) is 1. The number of nitrogens with zero attached hydrogens (tertiary/aromatic N) is 1. The summed E-state index contributed by atoms with van der Waals surface area (Å²) in [5.41, 5.74) is 0. The van der Waals surface area contributed by atoms with Crippen LogP contribution < -0.4 is 0 Å². The highest BCUT2D eigenvalue weighted by Crippen LogP contribution is 2.43. The summed E-state index contributed by atoms with van der Waals surface area (Å²) in [6, 6.07) is 0. The van der Waals surface area contributed by atoms with Gasteiger partial charge in [-0.15, -0.1) is 0 Å². The van der Waals surface area contributed by atoms with Gasteiger partial charge in [0.15, 0.2) is 6.10 Å². The zero-order valence-electron chi connectivity index (χ0n) is 38.8. The van der Waals surface area contributed by atoms with Gasteiger partial charge in [0.2, 0.25) is 0 Å². The van der Waals surface area contributed by atoms with E-state index in [4.69, 9.17) is 18.5 Å². The van der Waals surface area contributed by atoms with Gasteiger partial charge in [-0.1, -0.05) is 193 Å². The first kappa shape index (κ1) is 56.8. The SMILES string of the molecule is CCCCCC/C=C/CCCCCCCCCC(=O)OC[C@H](COP(=O)(O)OCC[N+](C)(C)C)OC(=O)CCCCCCCCCCCCCCCCCCCCC. The summed E-state index contributed by atoms with van der Waals surface area (Å²) in [5.74, 6) is -0.790. The molecular weight excluding hydrogens is 750 g/mol. The number of allylic oxidation sites excluding steroid dienone is 2. The van der Waals surface area contributed by atoms with Gasteiger partial charge in [-0.3, -0.25) is 18.6 Å². The van der Waals surface area contributed by atoms with Crippen LogP contribution >= 0.6 is 7.82 Å². The summed E-state index contributed by atoms with van der Waals surface area (Å²) in [5, 5.41) is 0. The van der Waals surface area contributed by atoms with E-state index >= 15 is 0 Å². The number of hydrogen-bond donors (Lipinski definition) is 1. The molecule has 0 spiro atoms. The van der Waals surface area contributed by atoms with Gasteiger partial charge in [-0.2, -0.15) is 0 Å². The Morgan fingerprint density at radius 3 is 1.29 bits per heavy atom. The lowest BCUT2D eigenvalue weighted by Crippen LogP contribution is -2.37. The molecule has 10 heteroatoms. The lowest BCUT2D eigenvalue weighted by Gasteiger charge is -2.24. The number of unbranched alkanes of at least 4 members (excludes halogenated alkanes) is 29. The number of quaternary nitrogens is 1. The first-order valence-corrected chi connectivity index (χ1v) is 25.9. The number of rotatable bonds is 45. The normalized spacial score (nSPS) is 13.6. The van der Waals surface area contributed by atoms with E-state index in [9.17, 15) is 19.0 Å². The molecule has 9 nitrogen and oxygen atoms in total. The van der Waals surface area contributed by atoms with E-state index < -0.39 is 26.5 Å². The maximum absolute atomic E-state index is 12.7. The van der Waals surface area contributed by atoms with Crippen LogP contribution in [0.25, 0.3) is 0 Å². The highest BCUT2D eigenvalue weighted by atomic mass is 31.2. The maximum atomic E-state index is 12.7. The van der Waals surface area contributed by atoms with E-state index in [1.807, 2.05) is 21.1 Å². The van der Waals surface area contributed by atoms with Crippen LogP contribution in [0.5, 0.6) is 0 Å². The van der Waals surface area contributed by atoms with Crippen molar-refractivity contribution < 1.29 is 42.1 Å². The van der Waals surface area contributed by atoms with Crippen LogP contribution in [0.3, 0.4) is 0 Å². The Morgan fingerprint density at radius 2 is 0.879 bits per heavy atom. The molecule has 0 radical (unpaired) electrons. The van der Waals surface area contributed by atoms with Crippen molar-refractivity contribution in [2.45, 2.75) is 238 Å². The second-order valence-electron chi connectivity index (χ2n) is 17.9. The van der Waals surface area contributed by atoms with Crippen LogP contribution in [-0.2, 0) is 32.7 Å². The molecule has 1 unspecified atom stereocenters. The fourth-order valence-electron chi connectivity index (χ4n) is 6.95. The molecular formula is C48H95NO8P+. The molecule has 0 aliphatic rings. The Hall–Kier alpha value is -1.25. The van der Waals surface area contributed by atoms with Crippen molar-refractivity contribution in [1.29, 1.82) is 0 Å². The molecule has 0 aliphatic carbocycles. The van der Waals surface area contributed by atoms with Crippen LogP contribution in [0.2, 0.25) is 0 Å². The first-order chi connectivity index (χ1) is 28.0. The summed E-state index contributed by atoms with van der Waals surface area (Å²) in [4.78, 5) is 35.5. The number of carbonyl (C=O) groups excluding carboxylic acids is 2. The number of esters is 2. The quantitative estimate of drug-likeness (QED) is 0.0212. The summed E-state index contributed by atoms with van der Waals surface area (Å²) in [7, 11) is 1.49. The van der Waals surface area contributed by atoms with E-state index in [0.717, 1.165) is 32.1 Å². The zero-order chi connectivity index (χ0) is 42.8. The van der Waals surface area contributed by atoms with Gasteiger partial charge in [0, 0.05) is 12.8 Å². The largest absolute Gasteiger partial charge is 0.472 e. The summed E-state index contributed by atoms with van der Waals surface area (Å²) in [6.45, 7) is 4.45.